The SMILES string of the molecule is CNCC1CCN(C(=O)COCCOC)CC1.Cl. The Labute approximate surface area is 116 Å². The zero-order chi connectivity index (χ0) is 12.5. The molecule has 6 heteroatoms. The molecule has 108 valence electrons. The third-order valence-corrected chi connectivity index (χ3v) is 3.12. The number of nitrogens with one attached hydrogen (secondary N) is 1. The lowest BCUT2D eigenvalue weighted by molar-refractivity contribution is -0.137. The summed E-state index contributed by atoms with van der Waals surface area (Å²) in [7, 11) is 3.60. The van der Waals surface area contributed by atoms with Crippen LogP contribution in [0.2, 0.25) is 0 Å². The molecular formula is C12H25ClN2O3. The predicted molar refractivity (Wildman–Crippen MR) is 73.2 cm³/mol. The Kier molecular flexibility index (Phi) is 10.3. The van der Waals surface area contributed by atoms with Crippen molar-refractivity contribution in [3.63, 3.8) is 0 Å². The lowest BCUT2D eigenvalue weighted by Crippen LogP contribution is -2.42. The molecule has 0 radical (unpaired) electrons. The first-order valence-corrected chi connectivity index (χ1v) is 6.27. The number of methoxy groups -OCH3 is 1. The van der Waals surface area contributed by atoms with Gasteiger partial charge >= 0.3 is 0 Å². The van der Waals surface area contributed by atoms with Gasteiger partial charge in [0.15, 0.2) is 0 Å². The van der Waals surface area contributed by atoms with Crippen LogP contribution in [-0.2, 0) is 14.3 Å². The second-order valence-corrected chi connectivity index (χ2v) is 4.43. The van der Waals surface area contributed by atoms with E-state index in [0.29, 0.717) is 19.1 Å². The highest BCUT2D eigenvalue weighted by atomic mass is 35.5. The summed E-state index contributed by atoms with van der Waals surface area (Å²) in [6.07, 6.45) is 2.18. The van der Waals surface area contributed by atoms with Crippen LogP contribution in [-0.4, -0.2) is 64.4 Å². The molecule has 1 N–H and O–H groups in total. The van der Waals surface area contributed by atoms with Crippen molar-refractivity contribution in [1.29, 1.82) is 0 Å². The Balaban J connectivity index is 0.00000289. The van der Waals surface area contributed by atoms with Gasteiger partial charge in [0.1, 0.15) is 6.61 Å². The maximum atomic E-state index is 11.8. The third-order valence-electron chi connectivity index (χ3n) is 3.12. The maximum absolute atomic E-state index is 11.8. The fourth-order valence-electron chi connectivity index (χ4n) is 2.07. The van der Waals surface area contributed by atoms with Gasteiger partial charge in [0, 0.05) is 20.2 Å². The zero-order valence-corrected chi connectivity index (χ0v) is 12.1. The fourth-order valence-corrected chi connectivity index (χ4v) is 2.07. The van der Waals surface area contributed by atoms with Crippen LogP contribution in [0.15, 0.2) is 0 Å². The van der Waals surface area contributed by atoms with Gasteiger partial charge in [0.25, 0.3) is 0 Å². The van der Waals surface area contributed by atoms with Crippen molar-refractivity contribution in [3.8, 4) is 0 Å². The summed E-state index contributed by atoms with van der Waals surface area (Å²) in [5.74, 6) is 0.808. The van der Waals surface area contributed by atoms with E-state index in [4.69, 9.17) is 9.47 Å². The number of ether oxygens (including phenoxy) is 2. The molecule has 18 heavy (non-hydrogen) atoms. The van der Waals surface area contributed by atoms with Crippen LogP contribution in [0.4, 0.5) is 0 Å². The molecule has 0 aromatic carbocycles. The van der Waals surface area contributed by atoms with Gasteiger partial charge in [0.2, 0.25) is 5.91 Å². The van der Waals surface area contributed by atoms with Crippen LogP contribution in [0, 0.1) is 5.92 Å². The van der Waals surface area contributed by atoms with Crippen LogP contribution in [0.25, 0.3) is 0 Å². The van der Waals surface area contributed by atoms with E-state index < -0.39 is 0 Å². The van der Waals surface area contributed by atoms with E-state index in [0.717, 1.165) is 32.5 Å². The van der Waals surface area contributed by atoms with Crippen LogP contribution >= 0.6 is 12.4 Å². The molecular weight excluding hydrogens is 256 g/mol. The van der Waals surface area contributed by atoms with Crippen molar-refractivity contribution >= 4 is 18.3 Å². The van der Waals surface area contributed by atoms with Gasteiger partial charge in [-0.2, -0.15) is 0 Å². The minimum atomic E-state index is 0. The average Bonchev–Trinajstić information content (AvgIpc) is 2.36. The molecule has 0 spiro atoms. The number of nitrogens with zero attached hydrogens (tertiary/aromatic N) is 1. The van der Waals surface area contributed by atoms with Crippen molar-refractivity contribution in [2.75, 3.05) is 53.6 Å². The first kappa shape index (κ1) is 17.6. The summed E-state index contributed by atoms with van der Waals surface area (Å²) in [5.41, 5.74) is 0. The van der Waals surface area contributed by atoms with Crippen molar-refractivity contribution in [2.45, 2.75) is 12.8 Å². The number of likely N-dealkylation sites (tertiary alicyclic amines) is 1. The molecule has 0 saturated carbocycles. The van der Waals surface area contributed by atoms with Gasteiger partial charge in [-0.05, 0) is 32.4 Å². The smallest absolute Gasteiger partial charge is 0.248 e. The highest BCUT2D eigenvalue weighted by Gasteiger charge is 2.21. The summed E-state index contributed by atoms with van der Waals surface area (Å²) in [6, 6.07) is 0. The molecule has 1 rings (SSSR count). The minimum absolute atomic E-state index is 0. The molecule has 1 aliphatic heterocycles. The predicted octanol–water partition coefficient (Wildman–Crippen LogP) is 0.529. The zero-order valence-electron chi connectivity index (χ0n) is 11.3. The molecule has 5 nitrogen and oxygen atoms in total. The third kappa shape index (κ3) is 6.54. The number of carbonyl (C=O) groups is 1. The van der Waals surface area contributed by atoms with Gasteiger partial charge in [-0.25, -0.2) is 0 Å². The van der Waals surface area contributed by atoms with Crippen LogP contribution < -0.4 is 5.32 Å². The Morgan fingerprint density at radius 1 is 1.33 bits per heavy atom. The van der Waals surface area contributed by atoms with Gasteiger partial charge in [-0.1, -0.05) is 0 Å². The summed E-state index contributed by atoms with van der Waals surface area (Å²) in [6.45, 7) is 3.97. The Hall–Kier alpha value is -0.360. The first-order chi connectivity index (χ1) is 8.27. The number of amides is 1. The molecule has 1 amide bonds. The van der Waals surface area contributed by atoms with Crippen LogP contribution in [0.3, 0.4) is 0 Å². The molecule has 0 bridgehead atoms. The van der Waals surface area contributed by atoms with E-state index in [9.17, 15) is 4.79 Å². The summed E-state index contributed by atoms with van der Waals surface area (Å²) < 4.78 is 10.1. The second-order valence-electron chi connectivity index (χ2n) is 4.43. The van der Waals surface area contributed by atoms with Crippen molar-refractivity contribution in [1.82, 2.24) is 10.2 Å². The molecule has 0 atom stereocenters. The Bertz CT molecular complexity index is 221. The van der Waals surface area contributed by atoms with E-state index in [1.165, 1.54) is 0 Å². The van der Waals surface area contributed by atoms with Gasteiger partial charge < -0.3 is 19.7 Å². The molecule has 1 aliphatic rings. The Morgan fingerprint density at radius 3 is 2.56 bits per heavy atom. The number of halogens is 1. The molecule has 0 aromatic rings. The molecule has 1 heterocycles. The summed E-state index contributed by atoms with van der Waals surface area (Å²) in [4.78, 5) is 13.7. The molecule has 0 unspecified atom stereocenters. The molecule has 0 aliphatic carbocycles. The minimum Gasteiger partial charge on any atom is -0.382 e. The van der Waals surface area contributed by atoms with Crippen LogP contribution in [0.1, 0.15) is 12.8 Å². The summed E-state index contributed by atoms with van der Waals surface area (Å²) >= 11 is 0. The topological polar surface area (TPSA) is 50.8 Å². The van der Waals surface area contributed by atoms with Crippen molar-refractivity contribution < 1.29 is 14.3 Å². The van der Waals surface area contributed by atoms with Gasteiger partial charge in [-0.15, -0.1) is 12.4 Å². The molecule has 0 aromatic heterocycles. The molecule has 1 fully saturated rings. The van der Waals surface area contributed by atoms with E-state index in [1.54, 1.807) is 7.11 Å². The quantitative estimate of drug-likeness (QED) is 0.691. The largest absolute Gasteiger partial charge is 0.382 e. The van der Waals surface area contributed by atoms with Gasteiger partial charge in [-0.3, -0.25) is 4.79 Å². The lowest BCUT2D eigenvalue weighted by Gasteiger charge is -2.31. The normalized spacial score (nSPS) is 16.4. The van der Waals surface area contributed by atoms with Crippen molar-refractivity contribution in [3.05, 3.63) is 0 Å². The Morgan fingerprint density at radius 2 is 2.00 bits per heavy atom. The van der Waals surface area contributed by atoms with Gasteiger partial charge in [0.05, 0.1) is 13.2 Å². The van der Waals surface area contributed by atoms with E-state index in [-0.39, 0.29) is 24.9 Å². The number of piperidine rings is 1. The fraction of sp³-hybridized carbons (Fsp3) is 0.917. The monoisotopic (exact) mass is 280 g/mol. The number of carbonyl (C=O) groups excluding carboxylic acids is 1. The average molecular weight is 281 g/mol. The molecule has 1 saturated heterocycles. The number of hydrogen-bond acceptors (Lipinski definition) is 4. The lowest BCUT2D eigenvalue weighted by atomic mass is 9.97. The van der Waals surface area contributed by atoms with Crippen LogP contribution in [0.5, 0.6) is 0 Å². The van der Waals surface area contributed by atoms with E-state index in [1.807, 2.05) is 11.9 Å². The number of rotatable bonds is 7. The van der Waals surface area contributed by atoms with E-state index in [2.05, 4.69) is 5.32 Å². The van der Waals surface area contributed by atoms with Crippen molar-refractivity contribution in [2.24, 2.45) is 5.92 Å². The maximum Gasteiger partial charge on any atom is 0.248 e. The standard InChI is InChI=1S/C12H24N2O3.ClH/c1-13-9-11-3-5-14(6-4-11)12(15)10-17-8-7-16-2;/h11,13H,3-10H2,1-2H3;1H. The first-order valence-electron chi connectivity index (χ1n) is 6.27. The highest BCUT2D eigenvalue weighted by Crippen LogP contribution is 2.16. The summed E-state index contributed by atoms with van der Waals surface area (Å²) in [5, 5.41) is 3.19. The second kappa shape index (κ2) is 10.6. The number of hydrogen-bond donors (Lipinski definition) is 1. The highest BCUT2D eigenvalue weighted by molar-refractivity contribution is 5.85. The van der Waals surface area contributed by atoms with E-state index >= 15 is 0 Å².